The van der Waals surface area contributed by atoms with Crippen LogP contribution in [0.1, 0.15) is 11.1 Å². The van der Waals surface area contributed by atoms with Gasteiger partial charge in [0.1, 0.15) is 0 Å². The molecule has 0 unspecified atom stereocenters. The molecule has 0 atom stereocenters. The minimum atomic E-state index is -0.442. The van der Waals surface area contributed by atoms with E-state index in [9.17, 15) is 14.9 Å². The van der Waals surface area contributed by atoms with E-state index in [1.165, 1.54) is 12.1 Å². The largest absolute Gasteiger partial charge is 0.361 e. The first kappa shape index (κ1) is 15.7. The first-order chi connectivity index (χ1) is 12.0. The number of hydrogen-bond acceptors (Lipinski definition) is 3. The van der Waals surface area contributed by atoms with Gasteiger partial charge in [-0.2, -0.15) is 0 Å². The van der Waals surface area contributed by atoms with Gasteiger partial charge in [0.25, 0.3) is 5.69 Å². The highest BCUT2D eigenvalue weighted by atomic mass is 35.5. The number of benzene rings is 2. The van der Waals surface area contributed by atoms with E-state index in [0.717, 1.165) is 22.0 Å². The third-order valence-electron chi connectivity index (χ3n) is 4.55. The van der Waals surface area contributed by atoms with Gasteiger partial charge >= 0.3 is 0 Å². The Balaban J connectivity index is 1.63. The highest BCUT2D eigenvalue weighted by Gasteiger charge is 2.27. The second-order valence-corrected chi connectivity index (χ2v) is 6.48. The summed E-state index contributed by atoms with van der Waals surface area (Å²) in [5, 5.41) is 12.5. The molecule has 126 valence electrons. The summed E-state index contributed by atoms with van der Waals surface area (Å²) in [6.07, 6.45) is 2.73. The van der Waals surface area contributed by atoms with Crippen LogP contribution < -0.4 is 4.90 Å². The van der Waals surface area contributed by atoms with Gasteiger partial charge in [-0.1, -0.05) is 17.7 Å². The summed E-state index contributed by atoms with van der Waals surface area (Å²) >= 11 is 6.05. The molecule has 0 saturated heterocycles. The number of amides is 1. The highest BCUT2D eigenvalue weighted by molar-refractivity contribution is 6.31. The topological polar surface area (TPSA) is 79.2 Å². The maximum atomic E-state index is 12.8. The standard InChI is InChI=1S/C18H14ClN3O3/c19-13-2-4-16-15(8-13)12(10-20-16)7-18(23)21-6-5-11-1-3-14(22(24)25)9-17(11)21/h1-4,8-10,20H,5-7H2. The number of carbonyl (C=O) groups excluding carboxylic acids is 1. The van der Waals surface area contributed by atoms with Crippen molar-refractivity contribution in [2.75, 3.05) is 11.4 Å². The Hall–Kier alpha value is -2.86. The third kappa shape index (κ3) is 2.74. The number of fused-ring (bicyclic) bond motifs is 2. The van der Waals surface area contributed by atoms with Crippen LogP contribution >= 0.6 is 11.6 Å². The zero-order valence-corrected chi connectivity index (χ0v) is 13.9. The Morgan fingerprint density at radius 1 is 1.28 bits per heavy atom. The van der Waals surface area contributed by atoms with E-state index >= 15 is 0 Å². The number of nitro benzene ring substituents is 1. The van der Waals surface area contributed by atoms with Gasteiger partial charge < -0.3 is 9.88 Å². The Morgan fingerprint density at radius 2 is 2.12 bits per heavy atom. The number of nitro groups is 1. The molecule has 1 aliphatic heterocycles. The number of H-pyrrole nitrogens is 1. The maximum absolute atomic E-state index is 12.8. The maximum Gasteiger partial charge on any atom is 0.271 e. The summed E-state index contributed by atoms with van der Waals surface area (Å²) in [7, 11) is 0. The van der Waals surface area contributed by atoms with Gasteiger partial charge in [0.05, 0.1) is 17.0 Å². The molecule has 25 heavy (non-hydrogen) atoms. The average molecular weight is 356 g/mol. The van der Waals surface area contributed by atoms with Crippen molar-refractivity contribution in [1.82, 2.24) is 4.98 Å². The van der Waals surface area contributed by atoms with Crippen LogP contribution in [0.25, 0.3) is 10.9 Å². The van der Waals surface area contributed by atoms with E-state index < -0.39 is 4.92 Å². The number of non-ortho nitro benzene ring substituents is 1. The summed E-state index contributed by atoms with van der Waals surface area (Å²) in [4.78, 5) is 28.1. The second kappa shape index (κ2) is 5.89. The van der Waals surface area contributed by atoms with Crippen molar-refractivity contribution in [1.29, 1.82) is 0 Å². The Bertz CT molecular complexity index is 1010. The van der Waals surface area contributed by atoms with E-state index in [-0.39, 0.29) is 18.0 Å². The number of carbonyl (C=O) groups is 1. The number of aromatic nitrogens is 1. The molecule has 2 aromatic carbocycles. The second-order valence-electron chi connectivity index (χ2n) is 6.05. The molecule has 1 amide bonds. The molecule has 0 fully saturated rings. The normalized spacial score (nSPS) is 13.2. The van der Waals surface area contributed by atoms with E-state index in [4.69, 9.17) is 11.6 Å². The Kier molecular flexibility index (Phi) is 3.69. The van der Waals surface area contributed by atoms with Crippen molar-refractivity contribution in [3.63, 3.8) is 0 Å². The lowest BCUT2D eigenvalue weighted by atomic mass is 10.1. The van der Waals surface area contributed by atoms with E-state index in [1.807, 2.05) is 18.3 Å². The predicted octanol–water partition coefficient (Wildman–Crippen LogP) is 3.86. The van der Waals surface area contributed by atoms with Crippen LogP contribution in [-0.2, 0) is 17.6 Å². The van der Waals surface area contributed by atoms with Gasteiger partial charge in [0, 0.05) is 40.8 Å². The van der Waals surface area contributed by atoms with Crippen molar-refractivity contribution >= 4 is 39.8 Å². The molecule has 1 N–H and O–H groups in total. The number of rotatable bonds is 3. The lowest BCUT2D eigenvalue weighted by molar-refractivity contribution is -0.384. The fourth-order valence-electron chi connectivity index (χ4n) is 3.30. The molecule has 1 aromatic heterocycles. The van der Waals surface area contributed by atoms with Crippen LogP contribution in [0.3, 0.4) is 0 Å². The summed E-state index contributed by atoms with van der Waals surface area (Å²) in [5.74, 6) is -0.0832. The van der Waals surface area contributed by atoms with Gasteiger partial charge in [-0.25, -0.2) is 0 Å². The SMILES string of the molecule is O=C(Cc1c[nH]c2ccc(Cl)cc12)N1CCc2ccc([N+](=O)[O-])cc21. The smallest absolute Gasteiger partial charge is 0.271 e. The van der Waals surface area contributed by atoms with Crippen molar-refractivity contribution in [3.8, 4) is 0 Å². The first-order valence-corrected chi connectivity index (χ1v) is 8.24. The summed E-state index contributed by atoms with van der Waals surface area (Å²) in [6, 6.07) is 10.2. The number of nitrogens with zero attached hydrogens (tertiary/aromatic N) is 2. The molecule has 1 aliphatic rings. The van der Waals surface area contributed by atoms with Crippen LogP contribution in [0.5, 0.6) is 0 Å². The summed E-state index contributed by atoms with van der Waals surface area (Å²) in [6.45, 7) is 0.540. The molecule has 7 heteroatoms. The van der Waals surface area contributed by atoms with Crippen LogP contribution in [0.2, 0.25) is 5.02 Å². The third-order valence-corrected chi connectivity index (χ3v) is 4.78. The molecule has 0 aliphatic carbocycles. The lowest BCUT2D eigenvalue weighted by Gasteiger charge is -2.17. The number of halogens is 1. The van der Waals surface area contributed by atoms with Gasteiger partial charge in [-0.3, -0.25) is 14.9 Å². The number of anilines is 1. The minimum absolute atomic E-state index is 0.00248. The fraction of sp³-hybridized carbons (Fsp3) is 0.167. The average Bonchev–Trinajstić information content (AvgIpc) is 3.18. The molecule has 4 rings (SSSR count). The van der Waals surface area contributed by atoms with Crippen molar-refractivity contribution in [2.45, 2.75) is 12.8 Å². The highest BCUT2D eigenvalue weighted by Crippen LogP contribution is 2.32. The molecular formula is C18H14ClN3O3. The molecule has 0 spiro atoms. The number of aromatic amines is 1. The van der Waals surface area contributed by atoms with Gasteiger partial charge in [0.2, 0.25) is 5.91 Å². The van der Waals surface area contributed by atoms with Crippen LogP contribution in [0.4, 0.5) is 11.4 Å². The zero-order chi connectivity index (χ0) is 17.6. The number of nitrogens with one attached hydrogen (secondary N) is 1. The zero-order valence-electron chi connectivity index (χ0n) is 13.2. The Labute approximate surface area is 148 Å². The molecule has 2 heterocycles. The molecule has 3 aromatic rings. The van der Waals surface area contributed by atoms with Crippen LogP contribution in [0, 0.1) is 10.1 Å². The monoisotopic (exact) mass is 355 g/mol. The van der Waals surface area contributed by atoms with E-state index in [0.29, 0.717) is 23.7 Å². The van der Waals surface area contributed by atoms with Gasteiger partial charge in [0.15, 0.2) is 0 Å². The predicted molar refractivity (Wildman–Crippen MR) is 96.2 cm³/mol. The summed E-state index contributed by atoms with van der Waals surface area (Å²) < 4.78 is 0. The van der Waals surface area contributed by atoms with E-state index in [2.05, 4.69) is 4.98 Å². The molecular weight excluding hydrogens is 342 g/mol. The van der Waals surface area contributed by atoms with Crippen LogP contribution in [0.15, 0.2) is 42.6 Å². The molecule has 0 radical (unpaired) electrons. The Morgan fingerprint density at radius 3 is 2.92 bits per heavy atom. The lowest BCUT2D eigenvalue weighted by Crippen LogP contribution is -2.30. The van der Waals surface area contributed by atoms with Gasteiger partial charge in [-0.15, -0.1) is 0 Å². The fourth-order valence-corrected chi connectivity index (χ4v) is 3.47. The van der Waals surface area contributed by atoms with E-state index in [1.54, 1.807) is 17.0 Å². The van der Waals surface area contributed by atoms with Crippen molar-refractivity contribution in [3.05, 3.63) is 68.9 Å². The molecule has 6 nitrogen and oxygen atoms in total. The number of hydrogen-bond donors (Lipinski definition) is 1. The molecule has 0 bridgehead atoms. The molecule has 0 saturated carbocycles. The van der Waals surface area contributed by atoms with Gasteiger partial charge in [-0.05, 0) is 35.7 Å². The quantitative estimate of drug-likeness (QED) is 0.572. The van der Waals surface area contributed by atoms with Crippen molar-refractivity contribution in [2.24, 2.45) is 0 Å². The summed E-state index contributed by atoms with van der Waals surface area (Å²) in [5.41, 5.74) is 3.38. The minimum Gasteiger partial charge on any atom is -0.361 e. The van der Waals surface area contributed by atoms with Crippen molar-refractivity contribution < 1.29 is 9.72 Å². The van der Waals surface area contributed by atoms with Crippen LogP contribution in [-0.4, -0.2) is 22.4 Å². The first-order valence-electron chi connectivity index (χ1n) is 7.86.